The summed E-state index contributed by atoms with van der Waals surface area (Å²) in [7, 11) is 3.30. The third-order valence-corrected chi connectivity index (χ3v) is 1.80. The van der Waals surface area contributed by atoms with Crippen LogP contribution in [0.25, 0.3) is 0 Å². The molecule has 0 aromatic rings. The molecule has 11 heavy (non-hydrogen) atoms. The second-order valence-corrected chi connectivity index (χ2v) is 2.85. The van der Waals surface area contributed by atoms with Crippen molar-refractivity contribution in [2.75, 3.05) is 14.2 Å². The zero-order valence-corrected chi connectivity index (χ0v) is 7.68. The van der Waals surface area contributed by atoms with Crippen LogP contribution in [0.4, 0.5) is 0 Å². The summed E-state index contributed by atoms with van der Waals surface area (Å²) in [6, 6.07) is 0.365. The summed E-state index contributed by atoms with van der Waals surface area (Å²) in [4.78, 5) is 10.9. The predicted octanol–water partition coefficient (Wildman–Crippen LogP) is 0.793. The fourth-order valence-corrected chi connectivity index (χ4v) is 0.946. The van der Waals surface area contributed by atoms with Gasteiger partial charge in [0.15, 0.2) is 0 Å². The van der Waals surface area contributed by atoms with Gasteiger partial charge in [-0.15, -0.1) is 0 Å². The minimum Gasteiger partial charge on any atom is -0.469 e. The quantitative estimate of drug-likeness (QED) is 0.616. The van der Waals surface area contributed by atoms with Gasteiger partial charge in [-0.2, -0.15) is 0 Å². The Morgan fingerprint density at radius 2 is 2.09 bits per heavy atom. The number of hydrogen-bond acceptors (Lipinski definition) is 3. The lowest BCUT2D eigenvalue weighted by atomic mass is 10.0. The van der Waals surface area contributed by atoms with E-state index in [1.165, 1.54) is 7.11 Å². The first kappa shape index (κ1) is 10.4. The van der Waals surface area contributed by atoms with E-state index >= 15 is 0 Å². The number of hydrogen-bond donors (Lipinski definition) is 1. The van der Waals surface area contributed by atoms with Gasteiger partial charge < -0.3 is 10.1 Å². The molecule has 0 rings (SSSR count). The average molecular weight is 159 g/mol. The van der Waals surface area contributed by atoms with Gasteiger partial charge in [-0.1, -0.05) is 6.92 Å². The normalized spacial score (nSPS) is 15.6. The van der Waals surface area contributed by atoms with Crippen LogP contribution in [-0.2, 0) is 9.53 Å². The maximum atomic E-state index is 10.9. The van der Waals surface area contributed by atoms with Crippen molar-refractivity contribution in [1.29, 1.82) is 0 Å². The largest absolute Gasteiger partial charge is 0.469 e. The van der Waals surface area contributed by atoms with Gasteiger partial charge in [0.05, 0.1) is 13.0 Å². The highest BCUT2D eigenvalue weighted by molar-refractivity contribution is 5.71. The topological polar surface area (TPSA) is 38.3 Å². The van der Waals surface area contributed by atoms with E-state index in [9.17, 15) is 4.79 Å². The van der Waals surface area contributed by atoms with E-state index in [0.717, 1.165) is 6.42 Å². The van der Waals surface area contributed by atoms with Crippen LogP contribution in [0.2, 0.25) is 0 Å². The second kappa shape index (κ2) is 5.13. The highest BCUT2D eigenvalue weighted by atomic mass is 16.5. The van der Waals surface area contributed by atoms with Crippen molar-refractivity contribution in [1.82, 2.24) is 5.32 Å². The molecule has 0 aliphatic carbocycles. The molecule has 0 aliphatic heterocycles. The standard InChI is InChI=1S/C8H17NO2/c1-6(8(10)11-4)5-7(2)9-3/h6-7,9H,5H2,1-4H3/t6-,7?/m0/s1. The van der Waals surface area contributed by atoms with Crippen molar-refractivity contribution in [3.8, 4) is 0 Å². The fourth-order valence-electron chi connectivity index (χ4n) is 0.946. The molecule has 0 saturated heterocycles. The first-order valence-corrected chi connectivity index (χ1v) is 3.87. The monoisotopic (exact) mass is 159 g/mol. The lowest BCUT2D eigenvalue weighted by Crippen LogP contribution is -2.26. The first-order valence-electron chi connectivity index (χ1n) is 3.87. The Labute approximate surface area is 68.1 Å². The Balaban J connectivity index is 3.67. The molecule has 0 aromatic carbocycles. The SMILES string of the molecule is CNC(C)C[C@H](C)C(=O)OC. The van der Waals surface area contributed by atoms with Crippen LogP contribution in [0.3, 0.4) is 0 Å². The van der Waals surface area contributed by atoms with Crippen LogP contribution in [0.1, 0.15) is 20.3 Å². The smallest absolute Gasteiger partial charge is 0.308 e. The Kier molecular flexibility index (Phi) is 4.86. The van der Waals surface area contributed by atoms with Gasteiger partial charge in [-0.25, -0.2) is 0 Å². The van der Waals surface area contributed by atoms with Crippen LogP contribution >= 0.6 is 0 Å². The number of carbonyl (C=O) groups is 1. The van der Waals surface area contributed by atoms with Crippen molar-refractivity contribution < 1.29 is 9.53 Å². The van der Waals surface area contributed by atoms with Gasteiger partial charge in [0.2, 0.25) is 0 Å². The number of rotatable bonds is 4. The summed E-state index contributed by atoms with van der Waals surface area (Å²) in [5.74, 6) is -0.144. The Bertz CT molecular complexity index is 125. The van der Waals surface area contributed by atoms with E-state index in [-0.39, 0.29) is 11.9 Å². The summed E-state index contributed by atoms with van der Waals surface area (Å²) in [5, 5.41) is 3.07. The van der Waals surface area contributed by atoms with Crippen LogP contribution < -0.4 is 5.32 Å². The predicted molar refractivity (Wildman–Crippen MR) is 44.3 cm³/mol. The molecule has 66 valence electrons. The Morgan fingerprint density at radius 1 is 1.55 bits per heavy atom. The van der Waals surface area contributed by atoms with Gasteiger partial charge in [-0.3, -0.25) is 4.79 Å². The number of carbonyl (C=O) groups excluding carboxylic acids is 1. The summed E-state index contributed by atoms with van der Waals surface area (Å²) >= 11 is 0. The molecule has 0 amide bonds. The van der Waals surface area contributed by atoms with Crippen molar-refractivity contribution in [3.05, 3.63) is 0 Å². The molecule has 0 heterocycles. The maximum absolute atomic E-state index is 10.9. The average Bonchev–Trinajstić information content (AvgIpc) is 2.02. The third kappa shape index (κ3) is 3.98. The molecule has 1 N–H and O–H groups in total. The summed E-state index contributed by atoms with van der Waals surface area (Å²) in [6.45, 7) is 3.92. The van der Waals surface area contributed by atoms with E-state index in [1.54, 1.807) is 0 Å². The third-order valence-electron chi connectivity index (χ3n) is 1.80. The number of ether oxygens (including phenoxy) is 1. The zero-order chi connectivity index (χ0) is 8.85. The summed E-state index contributed by atoms with van der Waals surface area (Å²) in [5.41, 5.74) is 0. The van der Waals surface area contributed by atoms with Crippen LogP contribution in [0.15, 0.2) is 0 Å². The lowest BCUT2D eigenvalue weighted by molar-refractivity contribution is -0.145. The first-order chi connectivity index (χ1) is 5.11. The van der Waals surface area contributed by atoms with Crippen LogP contribution in [0.5, 0.6) is 0 Å². The van der Waals surface area contributed by atoms with Crippen molar-refractivity contribution in [2.24, 2.45) is 5.92 Å². The van der Waals surface area contributed by atoms with E-state index < -0.39 is 0 Å². The molecule has 0 spiro atoms. The second-order valence-electron chi connectivity index (χ2n) is 2.85. The summed E-state index contributed by atoms with van der Waals surface area (Å²) < 4.78 is 4.59. The summed E-state index contributed by atoms with van der Waals surface area (Å²) in [6.07, 6.45) is 0.823. The van der Waals surface area contributed by atoms with Crippen molar-refractivity contribution in [3.63, 3.8) is 0 Å². The molecule has 3 nitrogen and oxygen atoms in total. The van der Waals surface area contributed by atoms with E-state index in [0.29, 0.717) is 6.04 Å². The lowest BCUT2D eigenvalue weighted by Gasteiger charge is -2.14. The van der Waals surface area contributed by atoms with Gasteiger partial charge in [-0.05, 0) is 20.4 Å². The Morgan fingerprint density at radius 3 is 2.45 bits per heavy atom. The van der Waals surface area contributed by atoms with Gasteiger partial charge in [0.1, 0.15) is 0 Å². The molecular formula is C8H17NO2. The van der Waals surface area contributed by atoms with Gasteiger partial charge in [0, 0.05) is 6.04 Å². The molecule has 0 radical (unpaired) electrons. The molecule has 0 aliphatic rings. The van der Waals surface area contributed by atoms with Crippen LogP contribution in [0, 0.1) is 5.92 Å². The van der Waals surface area contributed by atoms with E-state index in [1.807, 2.05) is 20.9 Å². The number of nitrogens with one attached hydrogen (secondary N) is 1. The minimum atomic E-state index is -0.132. The molecule has 0 aromatic heterocycles. The van der Waals surface area contributed by atoms with Gasteiger partial charge >= 0.3 is 5.97 Å². The highest BCUT2D eigenvalue weighted by Gasteiger charge is 2.15. The zero-order valence-electron chi connectivity index (χ0n) is 7.68. The Hall–Kier alpha value is -0.570. The highest BCUT2D eigenvalue weighted by Crippen LogP contribution is 2.06. The molecule has 3 heteroatoms. The number of esters is 1. The molecule has 2 atom stereocenters. The van der Waals surface area contributed by atoms with Gasteiger partial charge in [0.25, 0.3) is 0 Å². The van der Waals surface area contributed by atoms with Crippen LogP contribution in [-0.4, -0.2) is 26.2 Å². The molecule has 0 fully saturated rings. The van der Waals surface area contributed by atoms with E-state index in [2.05, 4.69) is 10.1 Å². The molecule has 0 bridgehead atoms. The van der Waals surface area contributed by atoms with E-state index in [4.69, 9.17) is 0 Å². The molecular weight excluding hydrogens is 142 g/mol. The minimum absolute atomic E-state index is 0.0116. The number of methoxy groups -OCH3 is 1. The molecule has 0 saturated carbocycles. The van der Waals surface area contributed by atoms with Crippen molar-refractivity contribution >= 4 is 5.97 Å². The van der Waals surface area contributed by atoms with Crippen molar-refractivity contribution in [2.45, 2.75) is 26.3 Å². The molecule has 1 unspecified atom stereocenters. The fraction of sp³-hybridized carbons (Fsp3) is 0.875. The maximum Gasteiger partial charge on any atom is 0.308 e.